The summed E-state index contributed by atoms with van der Waals surface area (Å²) in [6.45, 7) is 8.78. The number of alkyl carbamates (subject to hydrolysis) is 1. The van der Waals surface area contributed by atoms with E-state index in [1.54, 1.807) is 29.3 Å². The Balaban J connectivity index is 1.63. The van der Waals surface area contributed by atoms with Gasteiger partial charge in [0.15, 0.2) is 0 Å². The Hall–Kier alpha value is -2.08. The van der Waals surface area contributed by atoms with Crippen molar-refractivity contribution in [1.82, 2.24) is 10.4 Å². The molecule has 136 valence electrons. The highest BCUT2D eigenvalue weighted by Gasteiger charge is 2.59. The van der Waals surface area contributed by atoms with Gasteiger partial charge in [0, 0.05) is 12.5 Å². The maximum Gasteiger partial charge on any atom is 0.408 e. The van der Waals surface area contributed by atoms with Crippen molar-refractivity contribution in [1.29, 1.82) is 0 Å². The fourth-order valence-corrected chi connectivity index (χ4v) is 3.89. The molecule has 1 aliphatic carbocycles. The number of nitrogens with one attached hydrogen (secondary N) is 1. The van der Waals surface area contributed by atoms with E-state index in [4.69, 9.17) is 9.57 Å². The van der Waals surface area contributed by atoms with Gasteiger partial charge in [-0.3, -0.25) is 0 Å². The third-order valence-corrected chi connectivity index (χ3v) is 4.91. The molecule has 3 rings (SSSR count). The van der Waals surface area contributed by atoms with E-state index in [0.717, 1.165) is 6.42 Å². The largest absolute Gasteiger partial charge is 0.444 e. The molecule has 1 saturated heterocycles. The van der Waals surface area contributed by atoms with Crippen LogP contribution in [0.4, 0.5) is 4.79 Å². The summed E-state index contributed by atoms with van der Waals surface area (Å²) >= 11 is 0. The van der Waals surface area contributed by atoms with Gasteiger partial charge in [0.2, 0.25) is 0 Å². The highest BCUT2D eigenvalue weighted by atomic mass is 16.7. The van der Waals surface area contributed by atoms with Crippen molar-refractivity contribution in [2.24, 2.45) is 11.8 Å². The summed E-state index contributed by atoms with van der Waals surface area (Å²) in [5.74, 6) is 0.348. The van der Waals surface area contributed by atoms with Gasteiger partial charge in [-0.25, -0.2) is 9.59 Å². The fraction of sp³-hybridized carbons (Fsp3) is 0.579. The van der Waals surface area contributed by atoms with Crippen molar-refractivity contribution < 1.29 is 19.2 Å². The molecule has 2 aliphatic rings. The number of hydroxylamine groups is 2. The number of carbonyl (C=O) groups is 2. The van der Waals surface area contributed by atoms with Gasteiger partial charge in [-0.2, -0.15) is 0 Å². The van der Waals surface area contributed by atoms with E-state index in [9.17, 15) is 9.59 Å². The van der Waals surface area contributed by atoms with E-state index >= 15 is 0 Å². The summed E-state index contributed by atoms with van der Waals surface area (Å²) in [5, 5.41) is 4.70. The molecule has 0 bridgehead atoms. The molecule has 1 aromatic carbocycles. The number of amides is 1. The summed E-state index contributed by atoms with van der Waals surface area (Å²) < 4.78 is 5.39. The van der Waals surface area contributed by atoms with Crippen molar-refractivity contribution in [2.75, 3.05) is 13.1 Å². The first-order chi connectivity index (χ1) is 11.7. The first kappa shape index (κ1) is 17.7. The molecule has 1 amide bonds. The molecule has 6 heteroatoms. The normalized spacial score (nSPS) is 28.6. The van der Waals surface area contributed by atoms with Crippen molar-refractivity contribution >= 4 is 12.1 Å². The maximum atomic E-state index is 12.3. The van der Waals surface area contributed by atoms with Crippen LogP contribution in [0.3, 0.4) is 0 Å². The molecule has 1 aromatic rings. The second-order valence-corrected chi connectivity index (χ2v) is 8.14. The number of hydrogen-bond acceptors (Lipinski definition) is 5. The molecular formula is C19H26N2O4. The molecule has 0 unspecified atom stereocenters. The Labute approximate surface area is 148 Å². The van der Waals surface area contributed by atoms with Crippen LogP contribution in [0, 0.1) is 11.8 Å². The van der Waals surface area contributed by atoms with E-state index in [1.165, 1.54) is 0 Å². The van der Waals surface area contributed by atoms with Crippen LogP contribution < -0.4 is 5.32 Å². The van der Waals surface area contributed by atoms with Gasteiger partial charge in [0.25, 0.3) is 0 Å². The van der Waals surface area contributed by atoms with E-state index in [1.807, 2.05) is 26.8 Å². The number of ether oxygens (including phenoxy) is 1. The molecule has 1 N–H and O–H groups in total. The Bertz CT molecular complexity index is 655. The minimum atomic E-state index is -0.538. The lowest BCUT2D eigenvalue weighted by atomic mass is 9.62. The van der Waals surface area contributed by atoms with Crippen molar-refractivity contribution in [3.05, 3.63) is 35.9 Å². The standard InChI is InChI=1S/C19H26N2O4/c1-13-10-19(20-17(23)24-18(2,3)4)12-21(11-15(13)19)25-16(22)14-8-6-5-7-9-14/h5-9,13,15H,10-12H2,1-4H3,(H,20,23)/t13-,15+,19-/m1/s1. The average Bonchev–Trinajstić information content (AvgIpc) is 2.78. The number of benzene rings is 1. The highest BCUT2D eigenvalue weighted by Crippen LogP contribution is 2.49. The lowest BCUT2D eigenvalue weighted by Gasteiger charge is -2.49. The highest BCUT2D eigenvalue weighted by molar-refractivity contribution is 5.89. The Kier molecular flexibility index (Phi) is 4.49. The molecule has 1 saturated carbocycles. The zero-order chi connectivity index (χ0) is 18.2. The van der Waals surface area contributed by atoms with Gasteiger partial charge < -0.3 is 14.9 Å². The summed E-state index contributed by atoms with van der Waals surface area (Å²) in [4.78, 5) is 30.0. The number of nitrogens with zero attached hydrogens (tertiary/aromatic N) is 1. The zero-order valence-corrected chi connectivity index (χ0v) is 15.2. The van der Waals surface area contributed by atoms with Crippen LogP contribution in [-0.4, -0.2) is 41.4 Å². The first-order valence-electron chi connectivity index (χ1n) is 8.72. The van der Waals surface area contributed by atoms with Gasteiger partial charge >= 0.3 is 12.1 Å². The van der Waals surface area contributed by atoms with Crippen LogP contribution in [0.2, 0.25) is 0 Å². The first-order valence-corrected chi connectivity index (χ1v) is 8.72. The minimum Gasteiger partial charge on any atom is -0.444 e. The SMILES string of the molecule is C[C@@H]1C[C@@]2(NC(=O)OC(C)(C)C)CN(OC(=O)c3ccccc3)C[C@@H]12. The molecule has 0 radical (unpaired) electrons. The fourth-order valence-electron chi connectivity index (χ4n) is 3.89. The van der Waals surface area contributed by atoms with Crippen molar-refractivity contribution in [2.45, 2.75) is 45.3 Å². The Morgan fingerprint density at radius 1 is 1.24 bits per heavy atom. The summed E-state index contributed by atoms with van der Waals surface area (Å²) in [6.07, 6.45) is 0.441. The summed E-state index contributed by atoms with van der Waals surface area (Å²) in [7, 11) is 0. The van der Waals surface area contributed by atoms with Gasteiger partial charge in [-0.05, 0) is 45.2 Å². The minimum absolute atomic E-state index is 0.253. The molecule has 0 spiro atoms. The second-order valence-electron chi connectivity index (χ2n) is 8.14. The van der Waals surface area contributed by atoms with Crippen LogP contribution in [0.1, 0.15) is 44.5 Å². The second kappa shape index (κ2) is 6.33. The summed E-state index contributed by atoms with van der Waals surface area (Å²) in [6, 6.07) is 8.92. The number of hydrogen-bond donors (Lipinski definition) is 1. The number of carbonyl (C=O) groups excluding carboxylic acids is 2. The molecule has 3 atom stereocenters. The van der Waals surface area contributed by atoms with E-state index in [2.05, 4.69) is 12.2 Å². The van der Waals surface area contributed by atoms with Gasteiger partial charge in [0.1, 0.15) is 5.60 Å². The third kappa shape index (κ3) is 3.79. The molecule has 2 fully saturated rings. The van der Waals surface area contributed by atoms with Crippen LogP contribution >= 0.6 is 0 Å². The van der Waals surface area contributed by atoms with Crippen molar-refractivity contribution in [3.8, 4) is 0 Å². The van der Waals surface area contributed by atoms with E-state index in [-0.39, 0.29) is 17.4 Å². The van der Waals surface area contributed by atoms with Crippen LogP contribution in [0.15, 0.2) is 30.3 Å². The Morgan fingerprint density at radius 2 is 1.92 bits per heavy atom. The van der Waals surface area contributed by atoms with E-state index < -0.39 is 11.7 Å². The smallest absolute Gasteiger partial charge is 0.408 e. The van der Waals surface area contributed by atoms with Crippen molar-refractivity contribution in [3.63, 3.8) is 0 Å². The van der Waals surface area contributed by atoms with Gasteiger partial charge in [-0.1, -0.05) is 25.1 Å². The van der Waals surface area contributed by atoms with Crippen LogP contribution in [-0.2, 0) is 9.57 Å². The zero-order valence-electron chi connectivity index (χ0n) is 15.2. The molecule has 25 heavy (non-hydrogen) atoms. The molecule has 6 nitrogen and oxygen atoms in total. The number of rotatable bonds is 3. The predicted octanol–water partition coefficient (Wildman–Crippen LogP) is 2.99. The number of fused-ring (bicyclic) bond motifs is 1. The third-order valence-electron chi connectivity index (χ3n) is 4.91. The summed E-state index contributed by atoms with van der Waals surface area (Å²) in [5.41, 5.74) is -0.397. The lowest BCUT2D eigenvalue weighted by molar-refractivity contribution is -0.0967. The van der Waals surface area contributed by atoms with Gasteiger partial charge in [-0.15, -0.1) is 5.06 Å². The van der Waals surface area contributed by atoms with Gasteiger partial charge in [0.05, 0.1) is 17.6 Å². The molecular weight excluding hydrogens is 320 g/mol. The average molecular weight is 346 g/mol. The van der Waals surface area contributed by atoms with E-state index in [0.29, 0.717) is 24.6 Å². The maximum absolute atomic E-state index is 12.3. The molecule has 0 aromatic heterocycles. The van der Waals surface area contributed by atoms with Crippen LogP contribution in [0.5, 0.6) is 0 Å². The van der Waals surface area contributed by atoms with Crippen LogP contribution in [0.25, 0.3) is 0 Å². The quantitative estimate of drug-likeness (QED) is 0.911. The molecule has 1 heterocycles. The predicted molar refractivity (Wildman–Crippen MR) is 92.8 cm³/mol. The Morgan fingerprint density at radius 3 is 2.52 bits per heavy atom. The monoisotopic (exact) mass is 346 g/mol. The molecule has 1 aliphatic heterocycles. The lowest BCUT2D eigenvalue weighted by Crippen LogP contribution is -2.64. The topological polar surface area (TPSA) is 67.9 Å².